The molecule has 3 rings (SSSR count). The summed E-state index contributed by atoms with van der Waals surface area (Å²) < 4.78 is 5.92. The summed E-state index contributed by atoms with van der Waals surface area (Å²) in [7, 11) is 0. The van der Waals surface area contributed by atoms with Crippen molar-refractivity contribution in [2.45, 2.75) is 34.1 Å². The Morgan fingerprint density at radius 1 is 1.00 bits per heavy atom. The number of ether oxygens (including phenoxy) is 1. The topological polar surface area (TPSA) is 33.0 Å². The number of nitriles is 1. The van der Waals surface area contributed by atoms with E-state index in [4.69, 9.17) is 10.00 Å². The first-order valence-electron chi connectivity index (χ1n) is 8.12. The molecule has 1 aliphatic rings. The normalized spacial score (nSPS) is 18.2. The molecule has 0 spiro atoms. The lowest BCUT2D eigenvalue weighted by Gasteiger charge is -2.09. The Labute approximate surface area is 138 Å². The average molecular weight is 305 g/mol. The van der Waals surface area contributed by atoms with Gasteiger partial charge in [0.25, 0.3) is 0 Å². The van der Waals surface area contributed by atoms with E-state index in [1.807, 2.05) is 30.3 Å². The van der Waals surface area contributed by atoms with Crippen LogP contribution in [-0.2, 0) is 6.42 Å². The second kappa shape index (κ2) is 5.42. The summed E-state index contributed by atoms with van der Waals surface area (Å²) in [5.41, 5.74) is 2.62. The summed E-state index contributed by atoms with van der Waals surface area (Å²) in [5.74, 6) is 2.09. The maximum atomic E-state index is 9.16. The molecule has 1 aliphatic carbocycles. The number of hydrogen-bond acceptors (Lipinski definition) is 2. The molecule has 0 amide bonds. The van der Waals surface area contributed by atoms with Gasteiger partial charge in [0.2, 0.25) is 0 Å². The van der Waals surface area contributed by atoms with Crippen molar-refractivity contribution in [1.82, 2.24) is 0 Å². The van der Waals surface area contributed by atoms with E-state index in [-0.39, 0.29) is 0 Å². The first-order chi connectivity index (χ1) is 10.9. The third kappa shape index (κ3) is 2.72. The molecular weight excluding hydrogens is 282 g/mol. The summed E-state index contributed by atoms with van der Waals surface area (Å²) in [5, 5.41) is 9.16. The summed E-state index contributed by atoms with van der Waals surface area (Å²) >= 11 is 0. The van der Waals surface area contributed by atoms with E-state index < -0.39 is 0 Å². The van der Waals surface area contributed by atoms with Crippen LogP contribution in [0.2, 0.25) is 0 Å². The summed E-state index contributed by atoms with van der Waals surface area (Å²) in [4.78, 5) is 0. The Hall–Kier alpha value is -2.27. The van der Waals surface area contributed by atoms with Gasteiger partial charge in [-0.2, -0.15) is 5.26 Å². The highest BCUT2D eigenvalue weighted by molar-refractivity contribution is 5.45. The molecule has 2 aromatic carbocycles. The fourth-order valence-electron chi connectivity index (χ4n) is 3.59. The van der Waals surface area contributed by atoms with E-state index in [0.29, 0.717) is 28.1 Å². The molecule has 0 aromatic heterocycles. The molecular formula is C21H23NO. The highest BCUT2D eigenvalue weighted by atomic mass is 16.5. The zero-order chi connectivity index (χ0) is 16.7. The fourth-order valence-corrected chi connectivity index (χ4v) is 3.59. The van der Waals surface area contributed by atoms with Crippen LogP contribution in [0.25, 0.3) is 0 Å². The van der Waals surface area contributed by atoms with E-state index in [1.165, 1.54) is 5.56 Å². The highest BCUT2D eigenvalue weighted by Gasteiger charge is 2.63. The van der Waals surface area contributed by atoms with Crippen molar-refractivity contribution < 1.29 is 4.74 Å². The Morgan fingerprint density at radius 2 is 1.70 bits per heavy atom. The minimum Gasteiger partial charge on any atom is -0.456 e. The van der Waals surface area contributed by atoms with Crippen molar-refractivity contribution in [3.63, 3.8) is 0 Å². The minimum absolute atomic E-state index is 0.386. The van der Waals surface area contributed by atoms with Crippen LogP contribution in [0.15, 0.2) is 48.5 Å². The molecule has 23 heavy (non-hydrogen) atoms. The maximum Gasteiger partial charge on any atom is 0.145 e. The van der Waals surface area contributed by atoms with E-state index in [9.17, 15) is 0 Å². The molecule has 1 saturated carbocycles. The van der Waals surface area contributed by atoms with Gasteiger partial charge in [0, 0.05) is 0 Å². The summed E-state index contributed by atoms with van der Waals surface area (Å²) in [6.45, 7) is 9.39. The zero-order valence-corrected chi connectivity index (χ0v) is 14.3. The number of hydrogen-bond donors (Lipinski definition) is 0. The Morgan fingerprint density at radius 3 is 2.35 bits per heavy atom. The number of rotatable bonds is 4. The zero-order valence-electron chi connectivity index (χ0n) is 14.3. The van der Waals surface area contributed by atoms with Gasteiger partial charge in [0.1, 0.15) is 17.6 Å². The van der Waals surface area contributed by atoms with Gasteiger partial charge >= 0.3 is 0 Å². The Kier molecular flexibility index (Phi) is 3.68. The molecule has 2 heteroatoms. The maximum absolute atomic E-state index is 9.16. The van der Waals surface area contributed by atoms with Crippen molar-refractivity contribution in [3.8, 4) is 17.6 Å². The van der Waals surface area contributed by atoms with Crippen molar-refractivity contribution in [1.29, 1.82) is 5.26 Å². The lowest BCUT2D eigenvalue weighted by molar-refractivity contribution is 0.457. The molecule has 2 nitrogen and oxygen atoms in total. The van der Waals surface area contributed by atoms with E-state index >= 15 is 0 Å². The lowest BCUT2D eigenvalue weighted by Crippen LogP contribution is -1.95. The van der Waals surface area contributed by atoms with Crippen LogP contribution in [0.3, 0.4) is 0 Å². The average Bonchev–Trinajstić information content (AvgIpc) is 2.90. The smallest absolute Gasteiger partial charge is 0.145 e. The number of benzene rings is 2. The molecule has 0 bridgehead atoms. The molecule has 1 fully saturated rings. The van der Waals surface area contributed by atoms with Crippen LogP contribution in [-0.4, -0.2) is 0 Å². The monoisotopic (exact) mass is 305 g/mol. The van der Waals surface area contributed by atoms with Crippen molar-refractivity contribution >= 4 is 0 Å². The molecule has 0 saturated heterocycles. The molecule has 0 heterocycles. The number of para-hydroxylation sites is 1. The largest absolute Gasteiger partial charge is 0.456 e. The van der Waals surface area contributed by atoms with Crippen molar-refractivity contribution in [2.24, 2.45) is 16.7 Å². The third-order valence-electron chi connectivity index (χ3n) is 5.89. The predicted molar refractivity (Wildman–Crippen MR) is 92.4 cm³/mol. The SMILES string of the molecule is CC1(C)C(Cc2cccc(Oc3ccccc3C#N)c2)C1(C)C. The van der Waals surface area contributed by atoms with Gasteiger partial charge in [0.05, 0.1) is 5.56 Å². The second-order valence-corrected chi connectivity index (χ2v) is 7.56. The van der Waals surface area contributed by atoms with Crippen LogP contribution >= 0.6 is 0 Å². The molecule has 2 aromatic rings. The number of nitrogens with zero attached hydrogens (tertiary/aromatic N) is 1. The predicted octanol–water partition coefficient (Wildman–Crippen LogP) is 5.58. The summed E-state index contributed by atoms with van der Waals surface area (Å²) in [6.07, 6.45) is 1.07. The van der Waals surface area contributed by atoms with Gasteiger partial charge in [-0.1, -0.05) is 52.0 Å². The van der Waals surface area contributed by atoms with Crippen molar-refractivity contribution in [3.05, 3.63) is 59.7 Å². The molecule has 118 valence electrons. The van der Waals surface area contributed by atoms with Crippen LogP contribution in [0.4, 0.5) is 0 Å². The molecule has 0 radical (unpaired) electrons. The van der Waals surface area contributed by atoms with Gasteiger partial charge in [0.15, 0.2) is 0 Å². The van der Waals surface area contributed by atoms with E-state index in [1.54, 1.807) is 6.07 Å². The standard InChI is InChI=1S/C21H23NO/c1-20(2)19(21(20,3)4)13-15-8-7-10-17(12-15)23-18-11-6-5-9-16(18)14-22/h5-12,19H,13H2,1-4H3. The van der Waals surface area contributed by atoms with Crippen LogP contribution in [0, 0.1) is 28.1 Å². The lowest BCUT2D eigenvalue weighted by atomic mass is 10.0. The van der Waals surface area contributed by atoms with Crippen LogP contribution in [0.5, 0.6) is 11.5 Å². The Bertz CT molecular complexity index is 753. The Balaban J connectivity index is 1.78. The first kappa shape index (κ1) is 15.6. The molecule has 0 atom stereocenters. The van der Waals surface area contributed by atoms with Gasteiger partial charge in [-0.15, -0.1) is 0 Å². The fraction of sp³-hybridized carbons (Fsp3) is 0.381. The highest BCUT2D eigenvalue weighted by Crippen LogP contribution is 2.69. The summed E-state index contributed by atoms with van der Waals surface area (Å²) in [6, 6.07) is 17.7. The second-order valence-electron chi connectivity index (χ2n) is 7.56. The molecule has 0 aliphatic heterocycles. The third-order valence-corrected chi connectivity index (χ3v) is 5.89. The van der Waals surface area contributed by atoms with E-state index in [2.05, 4.69) is 45.9 Å². The molecule has 0 unspecified atom stereocenters. The van der Waals surface area contributed by atoms with Crippen LogP contribution in [0.1, 0.15) is 38.8 Å². The van der Waals surface area contributed by atoms with Gasteiger partial charge in [-0.3, -0.25) is 0 Å². The first-order valence-corrected chi connectivity index (χ1v) is 8.12. The van der Waals surface area contributed by atoms with Gasteiger partial charge < -0.3 is 4.74 Å². The minimum atomic E-state index is 0.386. The van der Waals surface area contributed by atoms with Gasteiger partial charge in [-0.05, 0) is 53.0 Å². The van der Waals surface area contributed by atoms with E-state index in [0.717, 1.165) is 12.2 Å². The van der Waals surface area contributed by atoms with Crippen LogP contribution < -0.4 is 4.74 Å². The quantitative estimate of drug-likeness (QED) is 0.739. The van der Waals surface area contributed by atoms with Gasteiger partial charge in [-0.25, -0.2) is 0 Å². The van der Waals surface area contributed by atoms with Crippen molar-refractivity contribution in [2.75, 3.05) is 0 Å². The molecule has 0 N–H and O–H groups in total.